The molecule has 2 aromatic heterocycles. The third-order valence-electron chi connectivity index (χ3n) is 3.55. The lowest BCUT2D eigenvalue weighted by Gasteiger charge is -2.22. The Morgan fingerprint density at radius 2 is 2.50 bits per heavy atom. The Morgan fingerprint density at radius 3 is 3.25 bits per heavy atom. The topological polar surface area (TPSA) is 75.4 Å². The zero-order chi connectivity index (χ0) is 13.9. The summed E-state index contributed by atoms with van der Waals surface area (Å²) in [6.45, 7) is -0.116. The highest BCUT2D eigenvalue weighted by Gasteiger charge is 2.26. The Hall–Kier alpha value is -1.66. The van der Waals surface area contributed by atoms with Gasteiger partial charge in [0.25, 0.3) is 0 Å². The van der Waals surface area contributed by atoms with Crippen LogP contribution in [0.3, 0.4) is 0 Å². The number of carbonyl (C=O) groups is 1. The highest BCUT2D eigenvalue weighted by Crippen LogP contribution is 2.24. The first kappa shape index (κ1) is 13.3. The van der Waals surface area contributed by atoms with Crippen molar-refractivity contribution in [3.8, 4) is 0 Å². The molecule has 5 nitrogen and oxygen atoms in total. The number of nitrogens with zero attached hydrogens (tertiary/aromatic N) is 1. The number of rotatable bonds is 4. The van der Waals surface area contributed by atoms with E-state index in [2.05, 4.69) is 10.5 Å². The minimum atomic E-state index is -0.116. The minimum absolute atomic E-state index is 0.0444. The molecule has 3 rings (SSSR count). The second kappa shape index (κ2) is 5.76. The summed E-state index contributed by atoms with van der Waals surface area (Å²) >= 11 is 1.59. The molecule has 6 heteroatoms. The highest BCUT2D eigenvalue weighted by atomic mass is 32.1. The van der Waals surface area contributed by atoms with Crippen molar-refractivity contribution >= 4 is 17.2 Å². The van der Waals surface area contributed by atoms with Crippen molar-refractivity contribution in [1.29, 1.82) is 0 Å². The SMILES string of the molecule is O=C(Cc1cccs1)NC1CCc2onc(CO)c2C1. The Kier molecular flexibility index (Phi) is 3.84. The third kappa shape index (κ3) is 2.76. The average Bonchev–Trinajstić information content (AvgIpc) is 3.07. The lowest BCUT2D eigenvalue weighted by Crippen LogP contribution is -2.39. The molecule has 1 aliphatic carbocycles. The summed E-state index contributed by atoms with van der Waals surface area (Å²) in [5.41, 5.74) is 1.55. The first-order valence-electron chi connectivity index (χ1n) is 6.65. The zero-order valence-corrected chi connectivity index (χ0v) is 11.8. The van der Waals surface area contributed by atoms with Gasteiger partial charge in [0, 0.05) is 22.9 Å². The molecule has 0 bridgehead atoms. The smallest absolute Gasteiger partial charge is 0.225 e. The summed E-state index contributed by atoms with van der Waals surface area (Å²) < 4.78 is 5.20. The molecule has 0 fully saturated rings. The van der Waals surface area contributed by atoms with E-state index in [4.69, 9.17) is 4.52 Å². The summed E-state index contributed by atoms with van der Waals surface area (Å²) in [6, 6.07) is 4.01. The normalized spacial score (nSPS) is 17.8. The number of aryl methyl sites for hydroxylation is 1. The van der Waals surface area contributed by atoms with E-state index in [0.717, 1.165) is 29.0 Å². The lowest BCUT2D eigenvalue weighted by atomic mass is 9.92. The van der Waals surface area contributed by atoms with Crippen LogP contribution in [-0.2, 0) is 30.7 Å². The number of hydrogen-bond acceptors (Lipinski definition) is 5. The number of amides is 1. The molecule has 1 unspecified atom stereocenters. The van der Waals surface area contributed by atoms with Gasteiger partial charge in [-0.25, -0.2) is 0 Å². The maximum Gasteiger partial charge on any atom is 0.225 e. The summed E-state index contributed by atoms with van der Waals surface area (Å²) in [5, 5.41) is 18.1. The molecule has 0 radical (unpaired) electrons. The van der Waals surface area contributed by atoms with Gasteiger partial charge in [-0.15, -0.1) is 11.3 Å². The van der Waals surface area contributed by atoms with Crippen LogP contribution in [0.25, 0.3) is 0 Å². The van der Waals surface area contributed by atoms with Crippen molar-refractivity contribution < 1.29 is 14.4 Å². The van der Waals surface area contributed by atoms with Gasteiger partial charge in [0.15, 0.2) is 0 Å². The molecule has 0 saturated heterocycles. The van der Waals surface area contributed by atoms with E-state index in [-0.39, 0.29) is 18.6 Å². The quantitative estimate of drug-likeness (QED) is 0.894. The van der Waals surface area contributed by atoms with Crippen LogP contribution in [0.4, 0.5) is 0 Å². The van der Waals surface area contributed by atoms with Crippen molar-refractivity contribution in [2.24, 2.45) is 0 Å². The largest absolute Gasteiger partial charge is 0.390 e. The van der Waals surface area contributed by atoms with Crippen molar-refractivity contribution in [1.82, 2.24) is 10.5 Å². The van der Waals surface area contributed by atoms with Gasteiger partial charge in [0.2, 0.25) is 5.91 Å². The van der Waals surface area contributed by atoms with Crippen LogP contribution in [0.2, 0.25) is 0 Å². The maximum absolute atomic E-state index is 12.0. The summed E-state index contributed by atoms with van der Waals surface area (Å²) in [7, 11) is 0. The van der Waals surface area contributed by atoms with E-state index in [1.807, 2.05) is 17.5 Å². The van der Waals surface area contributed by atoms with Crippen LogP contribution >= 0.6 is 11.3 Å². The van der Waals surface area contributed by atoms with Crippen LogP contribution in [-0.4, -0.2) is 22.2 Å². The highest BCUT2D eigenvalue weighted by molar-refractivity contribution is 7.10. The van der Waals surface area contributed by atoms with E-state index in [1.54, 1.807) is 11.3 Å². The van der Waals surface area contributed by atoms with E-state index in [0.29, 0.717) is 18.5 Å². The van der Waals surface area contributed by atoms with E-state index < -0.39 is 0 Å². The monoisotopic (exact) mass is 292 g/mol. The zero-order valence-electron chi connectivity index (χ0n) is 11.0. The van der Waals surface area contributed by atoms with Gasteiger partial charge in [-0.3, -0.25) is 4.79 Å². The van der Waals surface area contributed by atoms with Crippen LogP contribution < -0.4 is 5.32 Å². The molecule has 2 aromatic rings. The molecule has 1 atom stereocenters. The van der Waals surface area contributed by atoms with Crippen LogP contribution in [0.5, 0.6) is 0 Å². The molecule has 0 saturated carbocycles. The van der Waals surface area contributed by atoms with Gasteiger partial charge in [-0.05, 0) is 24.3 Å². The number of nitrogens with one attached hydrogen (secondary N) is 1. The van der Waals surface area contributed by atoms with Crippen molar-refractivity contribution in [3.05, 3.63) is 39.4 Å². The fraction of sp³-hybridized carbons (Fsp3) is 0.429. The second-order valence-corrected chi connectivity index (χ2v) is 5.98. The summed E-state index contributed by atoms with van der Waals surface area (Å²) in [4.78, 5) is 13.1. The number of aliphatic hydroxyl groups excluding tert-OH is 1. The molecular weight excluding hydrogens is 276 g/mol. The fourth-order valence-electron chi connectivity index (χ4n) is 2.56. The number of fused-ring (bicyclic) bond motifs is 1. The van der Waals surface area contributed by atoms with Gasteiger partial charge in [-0.2, -0.15) is 0 Å². The number of aliphatic hydroxyl groups is 1. The number of thiophene rings is 1. The molecule has 2 heterocycles. The van der Waals surface area contributed by atoms with Gasteiger partial charge >= 0.3 is 0 Å². The molecule has 0 aliphatic heterocycles. The Labute approximate surface area is 120 Å². The van der Waals surface area contributed by atoms with Crippen LogP contribution in [0, 0.1) is 0 Å². The van der Waals surface area contributed by atoms with E-state index in [9.17, 15) is 9.90 Å². The van der Waals surface area contributed by atoms with Gasteiger partial charge in [-0.1, -0.05) is 11.2 Å². The number of hydrogen-bond donors (Lipinski definition) is 2. The third-order valence-corrected chi connectivity index (χ3v) is 4.43. The molecule has 1 amide bonds. The standard InChI is InChI=1S/C14H16N2O3S/c17-8-12-11-6-9(3-4-13(11)19-16-12)15-14(18)7-10-2-1-5-20-10/h1-2,5,9,17H,3-4,6-8H2,(H,15,18). The average molecular weight is 292 g/mol. The summed E-state index contributed by atoms with van der Waals surface area (Å²) in [5.74, 6) is 0.890. The molecule has 0 aromatic carbocycles. The fourth-order valence-corrected chi connectivity index (χ4v) is 3.26. The van der Waals surface area contributed by atoms with Crippen LogP contribution in [0.15, 0.2) is 22.0 Å². The number of carbonyl (C=O) groups excluding carboxylic acids is 1. The van der Waals surface area contributed by atoms with Gasteiger partial charge in [0.05, 0.1) is 13.0 Å². The van der Waals surface area contributed by atoms with Gasteiger partial charge in [0.1, 0.15) is 11.5 Å². The minimum Gasteiger partial charge on any atom is -0.390 e. The second-order valence-electron chi connectivity index (χ2n) is 4.95. The number of aromatic nitrogens is 1. The Bertz CT molecular complexity index is 578. The van der Waals surface area contributed by atoms with Crippen LogP contribution in [0.1, 0.15) is 28.3 Å². The molecule has 0 spiro atoms. The molecular formula is C14H16N2O3S. The van der Waals surface area contributed by atoms with Crippen molar-refractivity contribution in [2.75, 3.05) is 0 Å². The molecule has 1 aliphatic rings. The lowest BCUT2D eigenvalue weighted by molar-refractivity contribution is -0.121. The first-order valence-corrected chi connectivity index (χ1v) is 7.53. The predicted molar refractivity (Wildman–Crippen MR) is 74.4 cm³/mol. The van der Waals surface area contributed by atoms with E-state index >= 15 is 0 Å². The van der Waals surface area contributed by atoms with Crippen molar-refractivity contribution in [2.45, 2.75) is 38.3 Å². The Balaban J connectivity index is 1.61. The van der Waals surface area contributed by atoms with Crippen molar-refractivity contribution in [3.63, 3.8) is 0 Å². The molecule has 20 heavy (non-hydrogen) atoms. The predicted octanol–water partition coefficient (Wildman–Crippen LogP) is 1.44. The summed E-state index contributed by atoms with van der Waals surface area (Å²) in [6.07, 6.45) is 2.72. The first-order chi connectivity index (χ1) is 9.76. The maximum atomic E-state index is 12.0. The van der Waals surface area contributed by atoms with E-state index in [1.165, 1.54) is 0 Å². The molecule has 106 valence electrons. The Morgan fingerprint density at radius 1 is 1.60 bits per heavy atom. The van der Waals surface area contributed by atoms with Gasteiger partial charge < -0.3 is 14.9 Å². The molecule has 2 N–H and O–H groups in total.